The Morgan fingerprint density at radius 1 is 0.659 bits per heavy atom. The maximum Gasteiger partial charge on any atom is 0.0679 e. The summed E-state index contributed by atoms with van der Waals surface area (Å²) < 4.78 is 14.2. The second-order valence-electron chi connectivity index (χ2n) is 10.7. The minimum Gasteiger partial charge on any atom is -0.392 e. The molecule has 2 aromatic carbocycles. The number of halogens is 1. The lowest BCUT2D eigenvalue weighted by atomic mass is 10.1. The van der Waals surface area contributed by atoms with Crippen molar-refractivity contribution in [3.63, 3.8) is 0 Å². The lowest BCUT2D eigenvalue weighted by molar-refractivity contribution is 0.106. The number of likely N-dealkylation sites (tertiary alicyclic amines) is 2. The molecule has 0 radical (unpaired) electrons. The van der Waals surface area contributed by atoms with Gasteiger partial charge >= 0.3 is 0 Å². The molecule has 6 rings (SSSR count). The zero-order chi connectivity index (χ0) is 27.6. The molecule has 224 valence electrons. The third-order valence-electron chi connectivity index (χ3n) is 7.75. The Kier molecular flexibility index (Phi) is 13.3. The molecule has 4 aromatic rings. The van der Waals surface area contributed by atoms with Gasteiger partial charge < -0.3 is 19.7 Å². The van der Waals surface area contributed by atoms with Gasteiger partial charge in [0.2, 0.25) is 0 Å². The highest BCUT2D eigenvalue weighted by Crippen LogP contribution is 2.27. The minimum atomic E-state index is -0.132. The third kappa shape index (κ3) is 9.71. The summed E-state index contributed by atoms with van der Waals surface area (Å²) in [6, 6.07) is 17.1. The summed E-state index contributed by atoms with van der Waals surface area (Å²) in [6.07, 6.45) is 3.50. The number of ether oxygens (including phenoxy) is 2. The summed E-state index contributed by atoms with van der Waals surface area (Å²) in [4.78, 5) is 4.54. The van der Waals surface area contributed by atoms with E-state index in [-0.39, 0.29) is 24.6 Å². The monoisotopic (exact) mass is 618 g/mol. The van der Waals surface area contributed by atoms with Gasteiger partial charge in [0.05, 0.1) is 38.6 Å². The number of thiophene rings is 2. The van der Waals surface area contributed by atoms with Crippen molar-refractivity contribution in [1.82, 2.24) is 9.80 Å². The van der Waals surface area contributed by atoms with Gasteiger partial charge in [0.25, 0.3) is 0 Å². The molecule has 2 aliphatic heterocycles. The van der Waals surface area contributed by atoms with Crippen LogP contribution in [0.1, 0.15) is 24.0 Å². The maximum absolute atomic E-state index is 9.45. The molecule has 6 nitrogen and oxygen atoms in total. The van der Waals surface area contributed by atoms with E-state index in [1.54, 1.807) is 22.7 Å². The second-order valence-corrected chi connectivity index (χ2v) is 12.5. The topological polar surface area (TPSA) is 65.4 Å². The van der Waals surface area contributed by atoms with Crippen molar-refractivity contribution in [1.29, 1.82) is 0 Å². The molecular formula is C32H43ClN2O4S2. The van der Waals surface area contributed by atoms with Gasteiger partial charge in [-0.2, -0.15) is 0 Å². The summed E-state index contributed by atoms with van der Waals surface area (Å²) in [6.45, 7) is 8.54. The number of hydrogen-bond donors (Lipinski definition) is 2. The average Bonchev–Trinajstić information content (AvgIpc) is 3.77. The molecule has 0 amide bonds. The van der Waals surface area contributed by atoms with Crippen LogP contribution in [0.15, 0.2) is 59.3 Å². The summed E-state index contributed by atoms with van der Waals surface area (Å²) in [5, 5.41) is 26.1. The lowest BCUT2D eigenvalue weighted by Gasteiger charge is -2.14. The molecule has 4 heterocycles. The summed E-state index contributed by atoms with van der Waals surface area (Å²) >= 11 is 3.61. The number of aliphatic hydroxyl groups is 2. The third-order valence-corrected chi connectivity index (χ3v) is 9.78. The van der Waals surface area contributed by atoms with Crippen LogP contribution in [0.5, 0.6) is 0 Å². The van der Waals surface area contributed by atoms with E-state index < -0.39 is 0 Å². The van der Waals surface area contributed by atoms with E-state index in [2.05, 4.69) is 69.1 Å². The Labute approximate surface area is 257 Å². The zero-order valence-corrected chi connectivity index (χ0v) is 26.1. The van der Waals surface area contributed by atoms with Crippen LogP contribution >= 0.6 is 35.1 Å². The summed E-state index contributed by atoms with van der Waals surface area (Å²) in [5.74, 6) is 0. The summed E-state index contributed by atoms with van der Waals surface area (Å²) in [5.41, 5.74) is 2.78. The highest BCUT2D eigenvalue weighted by atomic mass is 35.5. The molecule has 2 N–H and O–H groups in total. The van der Waals surface area contributed by atoms with Crippen LogP contribution < -0.4 is 0 Å². The van der Waals surface area contributed by atoms with E-state index >= 15 is 0 Å². The van der Waals surface area contributed by atoms with Gasteiger partial charge in [-0.05, 0) is 70.5 Å². The van der Waals surface area contributed by atoms with Crippen molar-refractivity contribution in [2.75, 3.05) is 65.7 Å². The van der Waals surface area contributed by atoms with Crippen LogP contribution in [0.25, 0.3) is 20.2 Å². The Balaban J connectivity index is 0.000000184. The molecular weight excluding hydrogens is 576 g/mol. The fourth-order valence-corrected chi connectivity index (χ4v) is 7.43. The molecule has 2 fully saturated rings. The van der Waals surface area contributed by atoms with Crippen LogP contribution in [0.3, 0.4) is 0 Å². The van der Waals surface area contributed by atoms with Gasteiger partial charge in [0.15, 0.2) is 0 Å². The normalized spacial score (nSPS) is 19.5. The van der Waals surface area contributed by atoms with Gasteiger partial charge in [0, 0.05) is 48.7 Å². The molecule has 2 aliphatic rings. The fraction of sp³-hybridized carbons (Fsp3) is 0.500. The predicted octanol–water partition coefficient (Wildman–Crippen LogP) is 5.48. The predicted molar refractivity (Wildman–Crippen MR) is 174 cm³/mol. The number of fused-ring (bicyclic) bond motifs is 2. The number of benzene rings is 2. The van der Waals surface area contributed by atoms with Crippen molar-refractivity contribution >= 4 is 55.3 Å². The molecule has 0 saturated carbocycles. The van der Waals surface area contributed by atoms with E-state index in [1.165, 1.54) is 31.3 Å². The van der Waals surface area contributed by atoms with Gasteiger partial charge in [-0.1, -0.05) is 36.4 Å². The Morgan fingerprint density at radius 2 is 1.10 bits per heavy atom. The van der Waals surface area contributed by atoms with E-state index in [9.17, 15) is 10.2 Å². The Bertz CT molecular complexity index is 1220. The highest BCUT2D eigenvalue weighted by Gasteiger charge is 2.20. The van der Waals surface area contributed by atoms with Crippen molar-refractivity contribution in [3.05, 3.63) is 70.4 Å². The fourth-order valence-electron chi connectivity index (χ4n) is 5.44. The van der Waals surface area contributed by atoms with Crippen LogP contribution in [0.4, 0.5) is 0 Å². The molecule has 0 aliphatic carbocycles. The van der Waals surface area contributed by atoms with Gasteiger partial charge in [-0.15, -0.1) is 35.1 Å². The Morgan fingerprint density at radius 3 is 1.51 bits per heavy atom. The van der Waals surface area contributed by atoms with Crippen molar-refractivity contribution in [3.8, 4) is 0 Å². The van der Waals surface area contributed by atoms with Crippen molar-refractivity contribution in [2.24, 2.45) is 0 Å². The minimum absolute atomic E-state index is 0. The highest BCUT2D eigenvalue weighted by molar-refractivity contribution is 7.17. The number of nitrogens with zero attached hydrogens (tertiary/aromatic N) is 2. The van der Waals surface area contributed by atoms with Crippen molar-refractivity contribution in [2.45, 2.75) is 37.9 Å². The van der Waals surface area contributed by atoms with E-state index in [4.69, 9.17) is 9.47 Å². The van der Waals surface area contributed by atoms with Gasteiger partial charge in [-0.3, -0.25) is 9.80 Å². The summed E-state index contributed by atoms with van der Waals surface area (Å²) in [7, 11) is 0. The van der Waals surface area contributed by atoms with Gasteiger partial charge in [0.1, 0.15) is 0 Å². The first-order chi connectivity index (χ1) is 19.7. The Hall–Kier alpha value is -1.59. The molecule has 2 atom stereocenters. The zero-order valence-electron chi connectivity index (χ0n) is 23.7. The first-order valence-corrected chi connectivity index (χ1v) is 16.3. The van der Waals surface area contributed by atoms with E-state index in [0.29, 0.717) is 0 Å². The van der Waals surface area contributed by atoms with Crippen LogP contribution in [0, 0.1) is 0 Å². The first kappa shape index (κ1) is 32.3. The molecule has 0 bridgehead atoms. The average molecular weight is 619 g/mol. The molecule has 2 saturated heterocycles. The maximum atomic E-state index is 9.45. The smallest absolute Gasteiger partial charge is 0.0679 e. The second kappa shape index (κ2) is 16.9. The molecule has 0 spiro atoms. The molecule has 0 unspecified atom stereocenters. The lowest BCUT2D eigenvalue weighted by Crippen LogP contribution is -2.26. The number of aliphatic hydroxyl groups excluding tert-OH is 2. The first-order valence-electron chi connectivity index (χ1n) is 14.5. The SMILES string of the molecule is Cl.O[C@@H]1CCN(CCOCCc2csc3ccccc23)C1.O[C@@H]1CCN(CCOCCc2csc3ccccc23)C1. The van der Waals surface area contributed by atoms with Crippen LogP contribution in [-0.2, 0) is 22.3 Å². The number of rotatable bonds is 12. The van der Waals surface area contributed by atoms with E-state index in [0.717, 1.165) is 91.4 Å². The standard InChI is InChI=1S/2C16H21NO2S.ClH/c2*18-14-5-7-17(11-14)8-10-19-9-6-13-12-20-16-4-2-1-3-15(13)16;/h2*1-4,12,14,18H,5-11H2;1H/t2*14-;/m11./s1. The number of β-amino-alcohol motifs (C(OH)–C–C–N with tert-alkyl or cyclic N) is 2. The quantitative estimate of drug-likeness (QED) is 0.205. The van der Waals surface area contributed by atoms with Crippen LogP contribution in [0.2, 0.25) is 0 Å². The number of hydrogen-bond acceptors (Lipinski definition) is 8. The van der Waals surface area contributed by atoms with Gasteiger partial charge in [-0.25, -0.2) is 0 Å². The van der Waals surface area contributed by atoms with E-state index in [1.807, 2.05) is 0 Å². The molecule has 9 heteroatoms. The molecule has 41 heavy (non-hydrogen) atoms. The van der Waals surface area contributed by atoms with Crippen molar-refractivity contribution < 1.29 is 19.7 Å². The largest absolute Gasteiger partial charge is 0.392 e. The van der Waals surface area contributed by atoms with Crippen LogP contribution in [-0.4, -0.2) is 97.9 Å². The molecule has 2 aromatic heterocycles.